The molecule has 0 fully saturated rings. The van der Waals surface area contributed by atoms with Crippen LogP contribution in [0, 0.1) is 0 Å². The van der Waals surface area contributed by atoms with Crippen LogP contribution in [0.5, 0.6) is 17.2 Å². The smallest absolute Gasteiger partial charge is 0.165 e. The molecule has 0 unspecified atom stereocenters. The highest BCUT2D eigenvalue weighted by Crippen LogP contribution is 2.40. The van der Waals surface area contributed by atoms with Gasteiger partial charge in [0.1, 0.15) is 19.0 Å². The summed E-state index contributed by atoms with van der Waals surface area (Å²) in [7, 11) is 1.57. The Labute approximate surface area is 94.8 Å². The minimum Gasteiger partial charge on any atom is -0.496 e. The van der Waals surface area contributed by atoms with Gasteiger partial charge < -0.3 is 19.3 Å². The molecule has 0 bridgehead atoms. The molecule has 88 valence electrons. The number of fused-ring (bicyclic) bond motifs is 1. The molecule has 0 aliphatic carbocycles. The summed E-state index contributed by atoms with van der Waals surface area (Å²) in [6, 6.07) is 3.52. The minimum absolute atomic E-state index is 0.532. The van der Waals surface area contributed by atoms with Crippen LogP contribution in [0.4, 0.5) is 0 Å². The first-order valence-electron chi connectivity index (χ1n) is 5.23. The lowest BCUT2D eigenvalue weighted by molar-refractivity contribution is 0.0745. The fourth-order valence-corrected chi connectivity index (χ4v) is 1.72. The molecule has 4 heteroatoms. The molecule has 1 aromatic rings. The Bertz CT molecular complexity index is 393. The fourth-order valence-electron chi connectivity index (χ4n) is 1.72. The largest absolute Gasteiger partial charge is 0.496 e. The van der Waals surface area contributed by atoms with Gasteiger partial charge >= 0.3 is 0 Å². The van der Waals surface area contributed by atoms with Crippen molar-refractivity contribution >= 4 is 0 Å². The van der Waals surface area contributed by atoms with E-state index in [1.807, 2.05) is 0 Å². The highest BCUT2D eigenvalue weighted by molar-refractivity contribution is 5.52. The summed E-state index contributed by atoms with van der Waals surface area (Å²) < 4.78 is 16.2. The van der Waals surface area contributed by atoms with Gasteiger partial charge in [0.2, 0.25) is 0 Å². The Kier molecular flexibility index (Phi) is 2.68. The average Bonchev–Trinajstić information content (AvgIpc) is 2.26. The molecule has 1 aliphatic heterocycles. The van der Waals surface area contributed by atoms with Gasteiger partial charge in [0.25, 0.3) is 0 Å². The third-order valence-corrected chi connectivity index (χ3v) is 2.52. The van der Waals surface area contributed by atoms with E-state index in [0.29, 0.717) is 36.0 Å². The fraction of sp³-hybridized carbons (Fsp3) is 0.500. The molecule has 1 aromatic carbocycles. The first-order valence-corrected chi connectivity index (χ1v) is 5.23. The van der Waals surface area contributed by atoms with Crippen molar-refractivity contribution in [3.8, 4) is 17.2 Å². The molecule has 1 aliphatic rings. The third kappa shape index (κ3) is 1.93. The number of aliphatic hydroxyl groups is 1. The summed E-state index contributed by atoms with van der Waals surface area (Å²) >= 11 is 0. The molecule has 1 heterocycles. The van der Waals surface area contributed by atoms with Gasteiger partial charge in [-0.3, -0.25) is 0 Å². The Morgan fingerprint density at radius 3 is 2.25 bits per heavy atom. The lowest BCUT2D eigenvalue weighted by Crippen LogP contribution is -2.20. The summed E-state index contributed by atoms with van der Waals surface area (Å²) in [6.45, 7) is 4.49. The maximum absolute atomic E-state index is 10.0. The number of hydrogen-bond donors (Lipinski definition) is 1. The molecular weight excluding hydrogens is 208 g/mol. The second-order valence-electron chi connectivity index (χ2n) is 4.26. The van der Waals surface area contributed by atoms with Crippen molar-refractivity contribution in [2.24, 2.45) is 0 Å². The predicted octanol–water partition coefficient (Wildman–Crippen LogP) is 1.69. The van der Waals surface area contributed by atoms with Crippen LogP contribution in [-0.4, -0.2) is 25.4 Å². The summed E-state index contributed by atoms with van der Waals surface area (Å²) in [6.07, 6.45) is 0. The highest BCUT2D eigenvalue weighted by atomic mass is 16.6. The number of ether oxygens (including phenoxy) is 3. The Morgan fingerprint density at radius 1 is 1.19 bits per heavy atom. The first-order chi connectivity index (χ1) is 7.52. The van der Waals surface area contributed by atoms with Crippen LogP contribution in [0.15, 0.2) is 12.1 Å². The van der Waals surface area contributed by atoms with Crippen LogP contribution in [0.2, 0.25) is 0 Å². The first kappa shape index (κ1) is 11.1. The normalized spacial score (nSPS) is 14.8. The lowest BCUT2D eigenvalue weighted by atomic mass is 9.96. The van der Waals surface area contributed by atoms with Gasteiger partial charge in [-0.15, -0.1) is 0 Å². The Hall–Kier alpha value is -1.42. The van der Waals surface area contributed by atoms with E-state index in [-0.39, 0.29) is 0 Å². The van der Waals surface area contributed by atoms with E-state index in [2.05, 4.69) is 0 Å². The van der Waals surface area contributed by atoms with Crippen molar-refractivity contribution < 1.29 is 19.3 Å². The van der Waals surface area contributed by atoms with Crippen molar-refractivity contribution in [1.29, 1.82) is 0 Å². The lowest BCUT2D eigenvalue weighted by Gasteiger charge is -2.25. The van der Waals surface area contributed by atoms with Crippen molar-refractivity contribution in [3.05, 3.63) is 17.7 Å². The van der Waals surface area contributed by atoms with Crippen molar-refractivity contribution in [2.75, 3.05) is 20.3 Å². The van der Waals surface area contributed by atoms with E-state index in [1.54, 1.807) is 33.1 Å². The van der Waals surface area contributed by atoms with Gasteiger partial charge in [0.05, 0.1) is 12.7 Å². The number of methoxy groups -OCH3 is 1. The molecule has 0 saturated heterocycles. The van der Waals surface area contributed by atoms with Crippen LogP contribution in [0.25, 0.3) is 0 Å². The molecular formula is C12H16O4. The summed E-state index contributed by atoms with van der Waals surface area (Å²) in [5, 5.41) is 10.0. The third-order valence-electron chi connectivity index (χ3n) is 2.52. The zero-order valence-electron chi connectivity index (χ0n) is 9.74. The van der Waals surface area contributed by atoms with Gasteiger partial charge in [0.15, 0.2) is 11.5 Å². The monoisotopic (exact) mass is 224 g/mol. The summed E-state index contributed by atoms with van der Waals surface area (Å²) in [5.74, 6) is 1.93. The van der Waals surface area contributed by atoms with Crippen molar-refractivity contribution in [2.45, 2.75) is 19.4 Å². The molecule has 0 aromatic heterocycles. The molecule has 1 N–H and O–H groups in total. The Balaban J connectivity index is 2.52. The van der Waals surface area contributed by atoms with E-state index in [1.165, 1.54) is 0 Å². The van der Waals surface area contributed by atoms with E-state index in [0.717, 1.165) is 0 Å². The zero-order valence-corrected chi connectivity index (χ0v) is 9.74. The maximum atomic E-state index is 10.0. The van der Waals surface area contributed by atoms with E-state index < -0.39 is 5.60 Å². The zero-order chi connectivity index (χ0) is 11.8. The van der Waals surface area contributed by atoms with E-state index in [4.69, 9.17) is 14.2 Å². The van der Waals surface area contributed by atoms with Crippen molar-refractivity contribution in [1.82, 2.24) is 0 Å². The molecule has 2 rings (SSSR count). The molecule has 0 radical (unpaired) electrons. The molecule has 0 amide bonds. The number of hydrogen-bond acceptors (Lipinski definition) is 4. The molecule has 16 heavy (non-hydrogen) atoms. The second kappa shape index (κ2) is 3.87. The summed E-state index contributed by atoms with van der Waals surface area (Å²) in [5.41, 5.74) is -0.277. The van der Waals surface area contributed by atoms with Crippen LogP contribution >= 0.6 is 0 Å². The molecule has 0 spiro atoms. The predicted molar refractivity (Wildman–Crippen MR) is 59.2 cm³/mol. The van der Waals surface area contributed by atoms with Gasteiger partial charge in [-0.05, 0) is 19.9 Å². The molecule has 4 nitrogen and oxygen atoms in total. The van der Waals surface area contributed by atoms with Crippen LogP contribution in [0.3, 0.4) is 0 Å². The SMILES string of the molecule is COc1cc2c(cc1C(C)(C)O)OCCO2. The highest BCUT2D eigenvalue weighted by Gasteiger charge is 2.25. The minimum atomic E-state index is -0.971. The summed E-state index contributed by atoms with van der Waals surface area (Å²) in [4.78, 5) is 0. The van der Waals surface area contributed by atoms with E-state index in [9.17, 15) is 5.11 Å². The average molecular weight is 224 g/mol. The standard InChI is InChI=1S/C12H16O4/c1-12(2,13)8-6-10-11(7-9(8)14-3)16-5-4-15-10/h6-7,13H,4-5H2,1-3H3. The van der Waals surface area contributed by atoms with Crippen LogP contribution in [0.1, 0.15) is 19.4 Å². The van der Waals surface area contributed by atoms with Crippen molar-refractivity contribution in [3.63, 3.8) is 0 Å². The van der Waals surface area contributed by atoms with Gasteiger partial charge in [-0.25, -0.2) is 0 Å². The Morgan fingerprint density at radius 2 is 1.75 bits per heavy atom. The van der Waals surface area contributed by atoms with Gasteiger partial charge in [-0.1, -0.05) is 0 Å². The topological polar surface area (TPSA) is 47.9 Å². The van der Waals surface area contributed by atoms with Gasteiger partial charge in [-0.2, -0.15) is 0 Å². The molecule has 0 saturated carbocycles. The number of rotatable bonds is 2. The number of benzene rings is 1. The van der Waals surface area contributed by atoms with Crippen LogP contribution < -0.4 is 14.2 Å². The second-order valence-corrected chi connectivity index (χ2v) is 4.26. The maximum Gasteiger partial charge on any atom is 0.165 e. The van der Waals surface area contributed by atoms with Crippen LogP contribution in [-0.2, 0) is 5.60 Å². The molecule has 0 atom stereocenters. The van der Waals surface area contributed by atoms with E-state index >= 15 is 0 Å². The quantitative estimate of drug-likeness (QED) is 0.830. The van der Waals surface area contributed by atoms with Gasteiger partial charge in [0, 0.05) is 11.6 Å².